The van der Waals surface area contributed by atoms with E-state index in [1.807, 2.05) is 29.9 Å². The average molecular weight is 381 g/mol. The van der Waals surface area contributed by atoms with E-state index in [0.29, 0.717) is 17.8 Å². The summed E-state index contributed by atoms with van der Waals surface area (Å²) in [5.74, 6) is -0.0353. The molecule has 0 radical (unpaired) electrons. The summed E-state index contributed by atoms with van der Waals surface area (Å²) < 4.78 is 1.86. The topological polar surface area (TPSA) is 88.9 Å². The van der Waals surface area contributed by atoms with Gasteiger partial charge in [-0.1, -0.05) is 11.8 Å². The Morgan fingerprint density at radius 3 is 2.48 bits per heavy atom. The molecule has 0 bridgehead atoms. The van der Waals surface area contributed by atoms with Crippen molar-refractivity contribution in [2.24, 2.45) is 7.05 Å². The molecule has 0 aliphatic carbocycles. The highest BCUT2D eigenvalue weighted by Crippen LogP contribution is 2.15. The van der Waals surface area contributed by atoms with E-state index < -0.39 is 0 Å². The summed E-state index contributed by atoms with van der Waals surface area (Å²) in [5.41, 5.74) is 2.16. The number of carbonyl (C=O) groups is 2. The minimum atomic E-state index is -0.171. The van der Waals surface area contributed by atoms with Crippen LogP contribution in [0.3, 0.4) is 0 Å². The van der Waals surface area contributed by atoms with Crippen molar-refractivity contribution in [1.82, 2.24) is 19.9 Å². The summed E-state index contributed by atoms with van der Waals surface area (Å²) in [6.45, 7) is 0.435. The fourth-order valence-corrected chi connectivity index (χ4v) is 3.04. The molecule has 8 heteroatoms. The summed E-state index contributed by atoms with van der Waals surface area (Å²) >= 11 is 1.36. The van der Waals surface area contributed by atoms with Gasteiger partial charge in [0.25, 0.3) is 5.91 Å². The molecule has 2 N–H and O–H groups in total. The van der Waals surface area contributed by atoms with Gasteiger partial charge in [-0.25, -0.2) is 4.98 Å². The normalized spacial score (nSPS) is 10.4. The Balaban J connectivity index is 1.48. The molecule has 1 aromatic carbocycles. The Hall–Kier alpha value is -3.13. The number of carbonyl (C=O) groups excluding carboxylic acids is 2. The second-order valence-corrected chi connectivity index (χ2v) is 6.72. The number of pyridine rings is 1. The van der Waals surface area contributed by atoms with Gasteiger partial charge in [0.15, 0.2) is 5.16 Å². The van der Waals surface area contributed by atoms with Gasteiger partial charge in [-0.15, -0.1) is 0 Å². The number of nitrogens with one attached hydrogen (secondary N) is 2. The number of thioether (sulfide) groups is 1. The lowest BCUT2D eigenvalue weighted by molar-refractivity contribution is -0.113. The van der Waals surface area contributed by atoms with Crippen LogP contribution in [0.5, 0.6) is 0 Å². The maximum absolute atomic E-state index is 12.2. The van der Waals surface area contributed by atoms with Crippen molar-refractivity contribution in [3.63, 3.8) is 0 Å². The predicted octanol–water partition coefficient (Wildman–Crippen LogP) is 2.48. The Morgan fingerprint density at radius 1 is 1.07 bits per heavy atom. The van der Waals surface area contributed by atoms with Crippen LogP contribution in [0.25, 0.3) is 0 Å². The number of imidazole rings is 1. The average Bonchev–Trinajstić information content (AvgIpc) is 3.11. The van der Waals surface area contributed by atoms with Gasteiger partial charge < -0.3 is 15.2 Å². The number of anilines is 1. The molecule has 7 nitrogen and oxygen atoms in total. The summed E-state index contributed by atoms with van der Waals surface area (Å²) in [4.78, 5) is 32.3. The standard InChI is InChI=1S/C19H19N5O2S/c1-24-11-10-21-19(24)27-13-17(25)23-16-4-2-15(3-5-16)18(26)22-12-14-6-8-20-9-7-14/h2-11H,12-13H2,1H3,(H,22,26)(H,23,25). The van der Waals surface area contributed by atoms with Gasteiger partial charge in [-0.2, -0.15) is 0 Å². The number of aryl methyl sites for hydroxylation is 1. The number of rotatable bonds is 7. The number of nitrogens with zero attached hydrogens (tertiary/aromatic N) is 3. The third kappa shape index (κ3) is 5.42. The molecular formula is C19H19N5O2S. The van der Waals surface area contributed by atoms with Crippen LogP contribution in [0.2, 0.25) is 0 Å². The Bertz CT molecular complexity index is 909. The van der Waals surface area contributed by atoms with E-state index in [9.17, 15) is 9.59 Å². The van der Waals surface area contributed by atoms with Crippen LogP contribution in [0.15, 0.2) is 66.3 Å². The zero-order chi connectivity index (χ0) is 19.1. The molecule has 2 amide bonds. The van der Waals surface area contributed by atoms with Gasteiger partial charge in [0.2, 0.25) is 5.91 Å². The minimum Gasteiger partial charge on any atom is -0.348 e. The highest BCUT2D eigenvalue weighted by atomic mass is 32.2. The minimum absolute atomic E-state index is 0.127. The van der Waals surface area contributed by atoms with Gasteiger partial charge in [0.05, 0.1) is 5.75 Å². The van der Waals surface area contributed by atoms with E-state index in [-0.39, 0.29) is 17.6 Å². The largest absolute Gasteiger partial charge is 0.348 e. The van der Waals surface area contributed by atoms with Crippen LogP contribution in [-0.4, -0.2) is 32.1 Å². The lowest BCUT2D eigenvalue weighted by Crippen LogP contribution is -2.22. The third-order valence-corrected chi connectivity index (χ3v) is 4.80. The molecule has 0 unspecified atom stereocenters. The number of hydrogen-bond donors (Lipinski definition) is 2. The van der Waals surface area contributed by atoms with Gasteiger partial charge in [-0.05, 0) is 42.0 Å². The molecule has 0 aliphatic rings. The maximum Gasteiger partial charge on any atom is 0.251 e. The Morgan fingerprint density at radius 2 is 1.81 bits per heavy atom. The summed E-state index contributed by atoms with van der Waals surface area (Å²) in [6, 6.07) is 10.5. The second kappa shape index (κ2) is 9.00. The summed E-state index contributed by atoms with van der Waals surface area (Å²) in [5, 5.41) is 6.45. The quantitative estimate of drug-likeness (QED) is 0.614. The first-order chi connectivity index (χ1) is 13.1. The smallest absolute Gasteiger partial charge is 0.251 e. The molecule has 2 aromatic heterocycles. The summed E-state index contributed by atoms with van der Waals surface area (Å²) in [6.07, 6.45) is 6.90. The highest BCUT2D eigenvalue weighted by molar-refractivity contribution is 7.99. The van der Waals surface area contributed by atoms with Crippen molar-refractivity contribution in [3.8, 4) is 0 Å². The zero-order valence-electron chi connectivity index (χ0n) is 14.8. The van der Waals surface area contributed by atoms with E-state index in [0.717, 1.165) is 10.7 Å². The second-order valence-electron chi connectivity index (χ2n) is 5.77. The number of benzene rings is 1. The fraction of sp³-hybridized carbons (Fsp3) is 0.158. The molecule has 0 fully saturated rings. The van der Waals surface area contributed by atoms with E-state index in [2.05, 4.69) is 20.6 Å². The van der Waals surface area contributed by atoms with Gasteiger partial charge >= 0.3 is 0 Å². The van der Waals surface area contributed by atoms with E-state index in [1.54, 1.807) is 42.9 Å². The van der Waals surface area contributed by atoms with Crippen LogP contribution in [-0.2, 0) is 18.4 Å². The van der Waals surface area contributed by atoms with E-state index in [4.69, 9.17) is 0 Å². The van der Waals surface area contributed by atoms with Crippen molar-refractivity contribution >= 4 is 29.3 Å². The summed E-state index contributed by atoms with van der Waals surface area (Å²) in [7, 11) is 1.88. The first-order valence-corrected chi connectivity index (χ1v) is 9.27. The van der Waals surface area contributed by atoms with E-state index in [1.165, 1.54) is 11.8 Å². The first-order valence-electron chi connectivity index (χ1n) is 8.29. The number of amides is 2. The molecule has 138 valence electrons. The maximum atomic E-state index is 12.2. The zero-order valence-corrected chi connectivity index (χ0v) is 15.6. The Labute approximate surface area is 161 Å². The molecule has 0 saturated carbocycles. The third-order valence-electron chi connectivity index (χ3n) is 3.74. The highest BCUT2D eigenvalue weighted by Gasteiger charge is 2.08. The molecule has 2 heterocycles. The van der Waals surface area contributed by atoms with Crippen LogP contribution in [0.1, 0.15) is 15.9 Å². The van der Waals surface area contributed by atoms with Crippen molar-refractivity contribution in [3.05, 3.63) is 72.3 Å². The molecule has 0 aliphatic heterocycles. The van der Waals surface area contributed by atoms with Crippen molar-refractivity contribution in [2.45, 2.75) is 11.7 Å². The van der Waals surface area contributed by atoms with Gasteiger partial charge in [-0.3, -0.25) is 14.6 Å². The van der Waals surface area contributed by atoms with Crippen LogP contribution in [0, 0.1) is 0 Å². The number of hydrogen-bond acceptors (Lipinski definition) is 5. The van der Waals surface area contributed by atoms with Gasteiger partial charge in [0, 0.05) is 49.6 Å². The monoisotopic (exact) mass is 381 g/mol. The van der Waals surface area contributed by atoms with E-state index >= 15 is 0 Å². The predicted molar refractivity (Wildman–Crippen MR) is 104 cm³/mol. The fourth-order valence-electron chi connectivity index (χ4n) is 2.31. The molecule has 0 atom stereocenters. The van der Waals surface area contributed by atoms with Crippen molar-refractivity contribution < 1.29 is 9.59 Å². The molecular weight excluding hydrogens is 362 g/mol. The molecule has 0 saturated heterocycles. The first kappa shape index (κ1) is 18.7. The molecule has 3 aromatic rings. The number of aromatic nitrogens is 3. The molecule has 27 heavy (non-hydrogen) atoms. The SMILES string of the molecule is Cn1ccnc1SCC(=O)Nc1ccc(C(=O)NCc2ccncc2)cc1. The van der Waals surface area contributed by atoms with Crippen LogP contribution in [0.4, 0.5) is 5.69 Å². The molecule has 0 spiro atoms. The molecule has 3 rings (SSSR count). The Kier molecular flexibility index (Phi) is 6.22. The lowest BCUT2D eigenvalue weighted by atomic mass is 10.2. The van der Waals surface area contributed by atoms with Crippen molar-refractivity contribution in [2.75, 3.05) is 11.1 Å². The van der Waals surface area contributed by atoms with Crippen LogP contribution >= 0.6 is 11.8 Å². The van der Waals surface area contributed by atoms with Crippen molar-refractivity contribution in [1.29, 1.82) is 0 Å². The van der Waals surface area contributed by atoms with Crippen LogP contribution < -0.4 is 10.6 Å². The lowest BCUT2D eigenvalue weighted by Gasteiger charge is -2.08. The van der Waals surface area contributed by atoms with Gasteiger partial charge in [0.1, 0.15) is 0 Å².